The third-order valence-corrected chi connectivity index (χ3v) is 5.06. The van der Waals surface area contributed by atoms with E-state index < -0.39 is 5.92 Å². The van der Waals surface area contributed by atoms with E-state index in [0.717, 1.165) is 22.5 Å². The third kappa shape index (κ3) is 4.06. The molecule has 26 heavy (non-hydrogen) atoms. The first-order chi connectivity index (χ1) is 12.5. The monoisotopic (exact) mass is 384 g/mol. The van der Waals surface area contributed by atoms with Gasteiger partial charge in [0.15, 0.2) is 0 Å². The highest BCUT2D eigenvalue weighted by molar-refractivity contribution is 6.42. The fourth-order valence-corrected chi connectivity index (χ4v) is 3.19. The van der Waals surface area contributed by atoms with E-state index in [1.165, 1.54) is 0 Å². The zero-order valence-electron chi connectivity index (χ0n) is 14.5. The number of carbonyl (C=O) groups is 1. The lowest BCUT2D eigenvalue weighted by Gasteiger charge is -2.15. The average Bonchev–Trinajstić information content (AvgIpc) is 2.64. The molecule has 0 radical (unpaired) electrons. The van der Waals surface area contributed by atoms with Gasteiger partial charge in [-0.2, -0.15) is 0 Å². The molecular weight excluding hydrogens is 367 g/mol. The molecule has 0 aliphatic heterocycles. The maximum absolute atomic E-state index is 12.6. The minimum absolute atomic E-state index is 0.137. The number of aryl methyl sites for hydroxylation is 1. The molecule has 0 saturated carbocycles. The van der Waals surface area contributed by atoms with E-state index in [4.69, 9.17) is 23.2 Å². The summed E-state index contributed by atoms with van der Waals surface area (Å²) in [6, 6.07) is 17.0. The summed E-state index contributed by atoms with van der Waals surface area (Å²) in [5, 5.41) is 3.79. The van der Waals surface area contributed by atoms with Gasteiger partial charge in [-0.25, -0.2) is 0 Å². The molecule has 1 aromatic heterocycles. The molecule has 3 aromatic rings. The molecule has 1 N–H and O–H groups in total. The number of amides is 1. The predicted octanol–water partition coefficient (Wildman–Crippen LogP) is 6.11. The van der Waals surface area contributed by atoms with Crippen LogP contribution in [0.3, 0.4) is 0 Å². The lowest BCUT2D eigenvalue weighted by molar-refractivity contribution is -0.117. The molecule has 1 amide bonds. The predicted molar refractivity (Wildman–Crippen MR) is 108 cm³/mol. The Kier molecular flexibility index (Phi) is 5.60. The number of rotatable bonds is 4. The summed E-state index contributed by atoms with van der Waals surface area (Å²) in [7, 11) is 0. The van der Waals surface area contributed by atoms with Gasteiger partial charge in [-0.1, -0.05) is 47.5 Å². The summed E-state index contributed by atoms with van der Waals surface area (Å²) in [5.74, 6) is -0.551. The van der Waals surface area contributed by atoms with Gasteiger partial charge in [0.1, 0.15) is 0 Å². The molecule has 2 aromatic carbocycles. The second kappa shape index (κ2) is 7.90. The highest BCUT2D eigenvalue weighted by Gasteiger charge is 2.19. The third-order valence-electron chi connectivity index (χ3n) is 4.22. The van der Waals surface area contributed by atoms with Gasteiger partial charge >= 0.3 is 0 Å². The first-order valence-electron chi connectivity index (χ1n) is 8.23. The van der Waals surface area contributed by atoms with E-state index in [2.05, 4.69) is 10.3 Å². The van der Waals surface area contributed by atoms with E-state index >= 15 is 0 Å². The molecule has 1 atom stereocenters. The second-order valence-electron chi connectivity index (χ2n) is 6.12. The Bertz CT molecular complexity index is 939. The van der Waals surface area contributed by atoms with Crippen molar-refractivity contribution < 1.29 is 4.79 Å². The van der Waals surface area contributed by atoms with Crippen LogP contribution in [0.5, 0.6) is 0 Å². The molecule has 1 heterocycles. The number of anilines is 1. The minimum Gasteiger partial charge on any atom is -0.326 e. The fourth-order valence-electron chi connectivity index (χ4n) is 2.72. The summed E-state index contributed by atoms with van der Waals surface area (Å²) < 4.78 is 0. The molecule has 0 aliphatic carbocycles. The molecule has 1 unspecified atom stereocenters. The van der Waals surface area contributed by atoms with Crippen molar-refractivity contribution in [2.75, 3.05) is 5.32 Å². The van der Waals surface area contributed by atoms with Crippen molar-refractivity contribution >= 4 is 34.8 Å². The standard InChI is InChI=1S/C21H18Cl2N2O/c1-13-12-16(10-11-24-13)15-6-8-17(9-7-15)25-21(26)14(2)18-4-3-5-19(22)20(18)23/h3-12,14H,1-2H3,(H,25,26). The Morgan fingerprint density at radius 3 is 2.46 bits per heavy atom. The molecule has 0 aliphatic rings. The highest BCUT2D eigenvalue weighted by Crippen LogP contribution is 2.31. The summed E-state index contributed by atoms with van der Waals surface area (Å²) in [4.78, 5) is 16.8. The number of nitrogens with one attached hydrogen (secondary N) is 1. The van der Waals surface area contributed by atoms with Crippen molar-refractivity contribution in [2.45, 2.75) is 19.8 Å². The van der Waals surface area contributed by atoms with Crippen LogP contribution in [0.2, 0.25) is 10.0 Å². The van der Waals surface area contributed by atoms with Gasteiger partial charge in [-0.3, -0.25) is 9.78 Å². The topological polar surface area (TPSA) is 42.0 Å². The molecule has 3 rings (SSSR count). The van der Waals surface area contributed by atoms with E-state index in [0.29, 0.717) is 15.6 Å². The van der Waals surface area contributed by atoms with Crippen molar-refractivity contribution in [1.82, 2.24) is 4.98 Å². The highest BCUT2D eigenvalue weighted by atomic mass is 35.5. The molecule has 0 saturated heterocycles. The van der Waals surface area contributed by atoms with Crippen molar-refractivity contribution in [3.05, 3.63) is 82.1 Å². The minimum atomic E-state index is -0.413. The van der Waals surface area contributed by atoms with Crippen LogP contribution in [-0.2, 0) is 4.79 Å². The van der Waals surface area contributed by atoms with Crippen LogP contribution in [-0.4, -0.2) is 10.9 Å². The van der Waals surface area contributed by atoms with E-state index in [-0.39, 0.29) is 5.91 Å². The lowest BCUT2D eigenvalue weighted by atomic mass is 10.00. The van der Waals surface area contributed by atoms with Crippen LogP contribution in [0.1, 0.15) is 24.1 Å². The molecule has 0 fully saturated rings. The van der Waals surface area contributed by atoms with Crippen LogP contribution < -0.4 is 5.32 Å². The van der Waals surface area contributed by atoms with Gasteiger partial charge in [-0.15, -0.1) is 0 Å². The number of halogens is 2. The van der Waals surface area contributed by atoms with Crippen molar-refractivity contribution in [2.24, 2.45) is 0 Å². The number of hydrogen-bond donors (Lipinski definition) is 1. The summed E-state index contributed by atoms with van der Waals surface area (Å²) in [6.07, 6.45) is 1.79. The second-order valence-corrected chi connectivity index (χ2v) is 6.90. The van der Waals surface area contributed by atoms with E-state index in [9.17, 15) is 4.79 Å². The maximum Gasteiger partial charge on any atom is 0.231 e. The van der Waals surface area contributed by atoms with Crippen LogP contribution in [0, 0.1) is 6.92 Å². The summed E-state index contributed by atoms with van der Waals surface area (Å²) in [6.45, 7) is 3.77. The zero-order chi connectivity index (χ0) is 18.7. The number of nitrogens with zero attached hydrogens (tertiary/aromatic N) is 1. The average molecular weight is 385 g/mol. The lowest BCUT2D eigenvalue weighted by Crippen LogP contribution is -2.19. The number of carbonyl (C=O) groups excluding carboxylic acids is 1. The Hall–Kier alpha value is -2.36. The Labute approximate surface area is 163 Å². The summed E-state index contributed by atoms with van der Waals surface area (Å²) in [5.41, 5.74) is 4.57. The zero-order valence-corrected chi connectivity index (χ0v) is 16.0. The van der Waals surface area contributed by atoms with Crippen LogP contribution in [0.4, 0.5) is 5.69 Å². The van der Waals surface area contributed by atoms with Gasteiger partial charge in [0.2, 0.25) is 5.91 Å². The molecule has 132 valence electrons. The maximum atomic E-state index is 12.6. The largest absolute Gasteiger partial charge is 0.326 e. The van der Waals surface area contributed by atoms with Gasteiger partial charge < -0.3 is 5.32 Å². The normalized spacial score (nSPS) is 11.8. The van der Waals surface area contributed by atoms with Gasteiger partial charge in [0, 0.05) is 17.6 Å². The van der Waals surface area contributed by atoms with Crippen molar-refractivity contribution in [3.63, 3.8) is 0 Å². The van der Waals surface area contributed by atoms with E-state index in [1.807, 2.05) is 49.4 Å². The van der Waals surface area contributed by atoms with Crippen molar-refractivity contribution in [1.29, 1.82) is 0 Å². The Morgan fingerprint density at radius 2 is 1.77 bits per heavy atom. The Balaban J connectivity index is 1.74. The van der Waals surface area contributed by atoms with Crippen LogP contribution >= 0.6 is 23.2 Å². The van der Waals surface area contributed by atoms with Crippen LogP contribution in [0.25, 0.3) is 11.1 Å². The van der Waals surface area contributed by atoms with Gasteiger partial charge in [0.25, 0.3) is 0 Å². The fraction of sp³-hybridized carbons (Fsp3) is 0.143. The first-order valence-corrected chi connectivity index (χ1v) is 8.99. The molecular formula is C21H18Cl2N2O. The van der Waals surface area contributed by atoms with E-state index in [1.54, 1.807) is 25.3 Å². The van der Waals surface area contributed by atoms with Crippen molar-refractivity contribution in [3.8, 4) is 11.1 Å². The molecule has 3 nitrogen and oxygen atoms in total. The van der Waals surface area contributed by atoms with Gasteiger partial charge in [-0.05, 0) is 60.9 Å². The Morgan fingerprint density at radius 1 is 1.04 bits per heavy atom. The number of pyridine rings is 1. The molecule has 5 heteroatoms. The number of benzene rings is 2. The first kappa shape index (κ1) is 18.4. The number of hydrogen-bond acceptors (Lipinski definition) is 2. The van der Waals surface area contributed by atoms with Gasteiger partial charge in [0.05, 0.1) is 16.0 Å². The molecule has 0 spiro atoms. The quantitative estimate of drug-likeness (QED) is 0.589. The number of aromatic nitrogens is 1. The van der Waals surface area contributed by atoms with Crippen LogP contribution in [0.15, 0.2) is 60.8 Å². The SMILES string of the molecule is Cc1cc(-c2ccc(NC(=O)C(C)c3cccc(Cl)c3Cl)cc2)ccn1. The smallest absolute Gasteiger partial charge is 0.231 e. The summed E-state index contributed by atoms with van der Waals surface area (Å²) >= 11 is 12.3. The molecule has 0 bridgehead atoms.